The van der Waals surface area contributed by atoms with Crippen LogP contribution in [0.1, 0.15) is 48.7 Å². The van der Waals surface area contributed by atoms with Crippen molar-refractivity contribution in [1.29, 1.82) is 0 Å². The van der Waals surface area contributed by atoms with Gasteiger partial charge in [0.2, 0.25) is 11.0 Å². The first kappa shape index (κ1) is 22.7. The zero-order valence-electron chi connectivity index (χ0n) is 17.8. The van der Waals surface area contributed by atoms with Crippen molar-refractivity contribution >= 4 is 18.0 Å². The minimum Gasteiger partial charge on any atom is -0.496 e. The van der Waals surface area contributed by atoms with Crippen molar-refractivity contribution in [3.05, 3.63) is 65.0 Å². The van der Waals surface area contributed by atoms with Crippen molar-refractivity contribution in [2.24, 2.45) is 5.10 Å². The molecular weight excluding hydrogens is 422 g/mol. The van der Waals surface area contributed by atoms with E-state index in [9.17, 15) is 8.78 Å². The van der Waals surface area contributed by atoms with E-state index in [0.29, 0.717) is 17.2 Å². The van der Waals surface area contributed by atoms with E-state index in [1.54, 1.807) is 25.5 Å². The molecule has 9 heteroatoms. The molecule has 0 spiro atoms. The van der Waals surface area contributed by atoms with E-state index in [1.807, 2.05) is 30.3 Å². The highest BCUT2D eigenvalue weighted by atomic mass is 32.2. The zero-order valence-corrected chi connectivity index (χ0v) is 18.6. The van der Waals surface area contributed by atoms with E-state index >= 15 is 0 Å². The molecular formula is C22H24F2N4O2S. The number of ether oxygens (including phenoxy) is 2. The van der Waals surface area contributed by atoms with E-state index in [1.165, 1.54) is 23.5 Å². The molecule has 0 bridgehead atoms. The molecule has 164 valence electrons. The lowest BCUT2D eigenvalue weighted by atomic mass is 10.0. The van der Waals surface area contributed by atoms with Crippen LogP contribution in [0, 0.1) is 0 Å². The highest BCUT2D eigenvalue weighted by molar-refractivity contribution is 7.98. The van der Waals surface area contributed by atoms with E-state index < -0.39 is 12.2 Å². The van der Waals surface area contributed by atoms with Gasteiger partial charge >= 0.3 is 0 Å². The Labute approximate surface area is 184 Å². The van der Waals surface area contributed by atoms with Crippen LogP contribution in [0.5, 0.6) is 11.5 Å². The molecule has 3 aromatic rings. The fraction of sp³-hybridized carbons (Fsp3) is 0.318. The molecule has 1 heterocycles. The maximum atomic E-state index is 13.2. The van der Waals surface area contributed by atoms with Crippen molar-refractivity contribution in [2.75, 3.05) is 13.4 Å². The number of benzene rings is 2. The minimum atomic E-state index is -2.77. The van der Waals surface area contributed by atoms with Crippen molar-refractivity contribution < 1.29 is 18.3 Å². The van der Waals surface area contributed by atoms with E-state index in [4.69, 9.17) is 9.47 Å². The quantitative estimate of drug-likeness (QED) is 0.319. The molecule has 0 saturated carbocycles. The van der Waals surface area contributed by atoms with Crippen LogP contribution in [0.25, 0.3) is 0 Å². The number of methoxy groups -OCH3 is 1. The first-order valence-corrected chi connectivity index (χ1v) is 10.9. The normalized spacial score (nSPS) is 11.6. The summed E-state index contributed by atoms with van der Waals surface area (Å²) in [4.78, 5) is 0. The van der Waals surface area contributed by atoms with Gasteiger partial charge in [-0.1, -0.05) is 37.7 Å². The van der Waals surface area contributed by atoms with Gasteiger partial charge in [0.15, 0.2) is 0 Å². The summed E-state index contributed by atoms with van der Waals surface area (Å²) in [6.45, 7) is 4.57. The average molecular weight is 447 g/mol. The number of halogens is 2. The topological polar surface area (TPSA) is 61.5 Å². The van der Waals surface area contributed by atoms with Crippen LogP contribution in [0.4, 0.5) is 8.78 Å². The fourth-order valence-corrected chi connectivity index (χ4v) is 3.31. The summed E-state index contributed by atoms with van der Waals surface area (Å²) < 4.78 is 38.7. The monoisotopic (exact) mass is 446 g/mol. The van der Waals surface area contributed by atoms with E-state index in [2.05, 4.69) is 29.1 Å². The third-order valence-corrected chi connectivity index (χ3v) is 5.20. The first-order valence-electron chi connectivity index (χ1n) is 9.64. The second-order valence-electron chi connectivity index (χ2n) is 6.99. The Balaban J connectivity index is 1.79. The van der Waals surface area contributed by atoms with Gasteiger partial charge < -0.3 is 9.47 Å². The first-order chi connectivity index (χ1) is 14.9. The summed E-state index contributed by atoms with van der Waals surface area (Å²) in [5.74, 6) is 1.37. The lowest BCUT2D eigenvalue weighted by molar-refractivity contribution is 0.135. The molecule has 0 fully saturated rings. The SMILES string of the molecule is COc1ccc(C=Nn2c(SC)nnc2C(F)F)cc1COc1ccc(C(C)C)cc1. The molecule has 0 radical (unpaired) electrons. The molecule has 1 aromatic heterocycles. The van der Waals surface area contributed by atoms with Gasteiger partial charge in [-0.25, -0.2) is 8.78 Å². The third-order valence-electron chi connectivity index (χ3n) is 4.58. The number of thioether (sulfide) groups is 1. The maximum Gasteiger partial charge on any atom is 0.299 e. The van der Waals surface area contributed by atoms with Gasteiger partial charge in [-0.3, -0.25) is 0 Å². The van der Waals surface area contributed by atoms with Crippen LogP contribution in [0.3, 0.4) is 0 Å². The van der Waals surface area contributed by atoms with Gasteiger partial charge in [0.1, 0.15) is 18.1 Å². The standard InChI is InChI=1S/C22H24F2N4O2S/c1-14(2)16-6-8-18(9-7-16)30-13-17-11-15(5-10-19(17)29-3)12-25-28-21(20(23)24)26-27-22(28)31-4/h5-12,14,20H,13H2,1-4H3. The van der Waals surface area contributed by atoms with E-state index in [-0.39, 0.29) is 11.8 Å². The third kappa shape index (κ3) is 5.61. The maximum absolute atomic E-state index is 13.2. The smallest absolute Gasteiger partial charge is 0.299 e. The molecule has 0 aliphatic carbocycles. The van der Waals surface area contributed by atoms with Gasteiger partial charge in [-0.05, 0) is 53.6 Å². The van der Waals surface area contributed by atoms with Crippen molar-refractivity contribution in [2.45, 2.75) is 38.0 Å². The van der Waals surface area contributed by atoms with Crippen molar-refractivity contribution in [1.82, 2.24) is 14.9 Å². The van der Waals surface area contributed by atoms with E-state index in [0.717, 1.165) is 16.0 Å². The molecule has 0 unspecified atom stereocenters. The number of hydrogen-bond acceptors (Lipinski definition) is 6. The molecule has 0 aliphatic rings. The van der Waals surface area contributed by atoms with Gasteiger partial charge in [0.05, 0.1) is 13.3 Å². The van der Waals surface area contributed by atoms with Crippen molar-refractivity contribution in [3.63, 3.8) is 0 Å². The van der Waals surface area contributed by atoms with Gasteiger partial charge in [-0.15, -0.1) is 10.2 Å². The summed E-state index contributed by atoms with van der Waals surface area (Å²) in [6.07, 6.45) is 0.435. The average Bonchev–Trinajstić information content (AvgIpc) is 3.19. The lowest BCUT2D eigenvalue weighted by Crippen LogP contribution is -2.02. The molecule has 6 nitrogen and oxygen atoms in total. The highest BCUT2D eigenvalue weighted by Gasteiger charge is 2.19. The van der Waals surface area contributed by atoms with Gasteiger partial charge in [0.25, 0.3) is 6.43 Å². The predicted octanol–water partition coefficient (Wildman–Crippen LogP) is 5.53. The Morgan fingerprint density at radius 2 is 1.87 bits per heavy atom. The number of aromatic nitrogens is 3. The molecule has 2 aromatic carbocycles. The molecule has 0 amide bonds. The fourth-order valence-electron chi connectivity index (χ4n) is 2.87. The summed E-state index contributed by atoms with van der Waals surface area (Å²) in [6, 6.07) is 13.4. The van der Waals surface area contributed by atoms with Crippen molar-refractivity contribution in [3.8, 4) is 11.5 Å². The Kier molecular flexibility index (Phi) is 7.62. The molecule has 3 rings (SSSR count). The molecule has 0 aliphatic heterocycles. The number of hydrogen-bond donors (Lipinski definition) is 0. The van der Waals surface area contributed by atoms with Crippen LogP contribution in [-0.4, -0.2) is 34.5 Å². The van der Waals surface area contributed by atoms with Crippen LogP contribution in [-0.2, 0) is 6.61 Å². The number of alkyl halides is 2. The summed E-state index contributed by atoms with van der Waals surface area (Å²) in [5, 5.41) is 11.7. The Morgan fingerprint density at radius 3 is 2.48 bits per heavy atom. The Morgan fingerprint density at radius 1 is 1.13 bits per heavy atom. The predicted molar refractivity (Wildman–Crippen MR) is 118 cm³/mol. The zero-order chi connectivity index (χ0) is 22.4. The van der Waals surface area contributed by atoms with Crippen LogP contribution >= 0.6 is 11.8 Å². The second kappa shape index (κ2) is 10.4. The number of nitrogens with zero attached hydrogens (tertiary/aromatic N) is 4. The summed E-state index contributed by atoms with van der Waals surface area (Å²) >= 11 is 1.19. The van der Waals surface area contributed by atoms with Crippen LogP contribution in [0.15, 0.2) is 52.7 Å². The summed E-state index contributed by atoms with van der Waals surface area (Å²) in [5.41, 5.74) is 2.75. The van der Waals surface area contributed by atoms with Gasteiger partial charge in [0, 0.05) is 5.56 Å². The van der Waals surface area contributed by atoms with Crippen LogP contribution in [0.2, 0.25) is 0 Å². The number of rotatable bonds is 9. The lowest BCUT2D eigenvalue weighted by Gasteiger charge is -2.12. The minimum absolute atomic E-state index is 0.286. The highest BCUT2D eigenvalue weighted by Crippen LogP contribution is 2.24. The second-order valence-corrected chi connectivity index (χ2v) is 7.76. The largest absolute Gasteiger partial charge is 0.496 e. The van der Waals surface area contributed by atoms with Gasteiger partial charge in [-0.2, -0.15) is 9.78 Å². The molecule has 0 saturated heterocycles. The molecule has 0 atom stereocenters. The molecule has 0 N–H and O–H groups in total. The summed E-state index contributed by atoms with van der Waals surface area (Å²) in [7, 11) is 1.58. The van der Waals surface area contributed by atoms with Crippen LogP contribution < -0.4 is 9.47 Å². The molecule has 31 heavy (non-hydrogen) atoms. The Bertz CT molecular complexity index is 1040. The Hall–Kier alpha value is -2.94.